The maximum Gasteiger partial charge on any atom is 0.338 e. The minimum Gasteiger partial charge on any atom is -0.452 e. The van der Waals surface area contributed by atoms with Crippen LogP contribution in [0.4, 0.5) is 0 Å². The third kappa shape index (κ3) is 5.56. The summed E-state index contributed by atoms with van der Waals surface area (Å²) in [5, 5.41) is 20.3. The quantitative estimate of drug-likeness (QED) is 0.483. The minimum atomic E-state index is -1.46. The molecule has 1 fully saturated rings. The molecule has 3 rings (SSSR count). The monoisotopic (exact) mass is 428 g/mol. The van der Waals surface area contributed by atoms with Gasteiger partial charge in [-0.05, 0) is 24.3 Å². The van der Waals surface area contributed by atoms with Crippen LogP contribution in [0.3, 0.4) is 0 Å². The molecule has 0 spiro atoms. The minimum absolute atomic E-state index is 0.0393. The first-order valence-corrected chi connectivity index (χ1v) is 9.74. The molecule has 8 nitrogen and oxygen atoms in total. The highest BCUT2D eigenvalue weighted by Crippen LogP contribution is 2.28. The van der Waals surface area contributed by atoms with Gasteiger partial charge in [0, 0.05) is 0 Å². The van der Waals surface area contributed by atoms with Gasteiger partial charge in [0.05, 0.1) is 24.3 Å². The predicted octanol–water partition coefficient (Wildman–Crippen LogP) is 1.72. The fraction of sp³-hybridized carbons (Fsp3) is 0.304. The molecule has 8 heteroatoms. The molecule has 2 aromatic carbocycles. The maximum atomic E-state index is 12.7. The summed E-state index contributed by atoms with van der Waals surface area (Å²) in [6.45, 7) is 3.05. The molecule has 1 aliphatic rings. The number of benzene rings is 2. The molecule has 3 unspecified atom stereocenters. The number of ether oxygens (including phenoxy) is 4. The van der Waals surface area contributed by atoms with E-state index in [1.165, 1.54) is 6.08 Å². The molecule has 1 aliphatic heterocycles. The Morgan fingerprint density at radius 2 is 1.45 bits per heavy atom. The molecular formula is C23H24O8. The normalized spacial score (nSPS) is 25.4. The van der Waals surface area contributed by atoms with Gasteiger partial charge in [-0.2, -0.15) is 0 Å². The largest absolute Gasteiger partial charge is 0.452 e. The van der Waals surface area contributed by atoms with E-state index >= 15 is 0 Å². The fourth-order valence-corrected chi connectivity index (χ4v) is 3.13. The number of carbonyl (C=O) groups excluding carboxylic acids is 2. The van der Waals surface area contributed by atoms with E-state index in [0.717, 1.165) is 0 Å². The highest BCUT2D eigenvalue weighted by molar-refractivity contribution is 5.90. The van der Waals surface area contributed by atoms with Crippen molar-refractivity contribution in [2.75, 3.05) is 13.2 Å². The van der Waals surface area contributed by atoms with Crippen LogP contribution in [0.1, 0.15) is 20.7 Å². The molecule has 0 bridgehead atoms. The summed E-state index contributed by atoms with van der Waals surface area (Å²) in [4.78, 5) is 25.3. The second-order valence-corrected chi connectivity index (χ2v) is 6.81. The first kappa shape index (κ1) is 22.6. The van der Waals surface area contributed by atoms with Crippen molar-refractivity contribution in [2.45, 2.75) is 30.7 Å². The molecule has 0 radical (unpaired) electrons. The lowest BCUT2D eigenvalue weighted by Crippen LogP contribution is -2.61. The Bertz CT molecular complexity index is 870. The number of rotatable bonds is 8. The molecule has 0 aromatic heterocycles. The first-order chi connectivity index (χ1) is 15.0. The van der Waals surface area contributed by atoms with Crippen LogP contribution in [0, 0.1) is 0 Å². The van der Waals surface area contributed by atoms with Gasteiger partial charge in [-0.3, -0.25) is 0 Å². The molecule has 0 amide bonds. The van der Waals surface area contributed by atoms with Crippen molar-refractivity contribution in [3.05, 3.63) is 84.4 Å². The van der Waals surface area contributed by atoms with Crippen molar-refractivity contribution in [3.63, 3.8) is 0 Å². The van der Waals surface area contributed by atoms with E-state index in [4.69, 9.17) is 18.9 Å². The van der Waals surface area contributed by atoms with Crippen LogP contribution >= 0.6 is 0 Å². The van der Waals surface area contributed by atoms with Crippen molar-refractivity contribution in [1.29, 1.82) is 0 Å². The summed E-state index contributed by atoms with van der Waals surface area (Å²) in [7, 11) is 0. The molecule has 0 saturated carbocycles. The molecule has 2 aromatic rings. The number of aliphatic hydroxyl groups is 2. The molecule has 1 heterocycles. The predicted molar refractivity (Wildman–Crippen MR) is 109 cm³/mol. The van der Waals surface area contributed by atoms with E-state index in [1.807, 2.05) is 0 Å². The highest BCUT2D eigenvalue weighted by Gasteiger charge is 2.50. The average Bonchev–Trinajstić information content (AvgIpc) is 2.81. The second-order valence-electron chi connectivity index (χ2n) is 6.81. The van der Waals surface area contributed by atoms with E-state index < -0.39 is 49.3 Å². The van der Waals surface area contributed by atoms with Gasteiger partial charge in [0.2, 0.25) is 0 Å². The molecule has 31 heavy (non-hydrogen) atoms. The van der Waals surface area contributed by atoms with Crippen LogP contribution < -0.4 is 0 Å². The Morgan fingerprint density at radius 3 is 1.94 bits per heavy atom. The van der Waals surface area contributed by atoms with Crippen molar-refractivity contribution >= 4 is 11.9 Å². The van der Waals surface area contributed by atoms with Crippen molar-refractivity contribution in [3.8, 4) is 0 Å². The van der Waals surface area contributed by atoms with Crippen molar-refractivity contribution in [1.82, 2.24) is 0 Å². The zero-order valence-corrected chi connectivity index (χ0v) is 16.7. The van der Waals surface area contributed by atoms with Crippen LogP contribution in [-0.2, 0) is 18.9 Å². The van der Waals surface area contributed by atoms with Crippen LogP contribution in [0.25, 0.3) is 0 Å². The zero-order valence-electron chi connectivity index (χ0n) is 16.7. The smallest absolute Gasteiger partial charge is 0.338 e. The highest BCUT2D eigenvalue weighted by atomic mass is 16.7. The van der Waals surface area contributed by atoms with Crippen LogP contribution in [0.5, 0.6) is 0 Å². The van der Waals surface area contributed by atoms with E-state index in [0.29, 0.717) is 0 Å². The standard InChI is InChI=1S/C23H24O8/c1-2-13-28-23-20(31-22(27)16-11-7-4-8-12-16)19(18(25)17(14-24)29-23)30-21(26)15-9-5-3-6-10-15/h2-12,17-20,23-25H,1,13-14H2/t17?,18-,19?,20?,23-/m0/s1. The fourth-order valence-electron chi connectivity index (χ4n) is 3.13. The SMILES string of the molecule is C=CCO[C@H]1OC(CO)[C@H](O)C(OC(=O)c2ccccc2)C1OC(=O)c1ccccc1. The Hall–Kier alpha value is -3.04. The molecule has 1 saturated heterocycles. The molecule has 164 valence electrons. The number of esters is 2. The zero-order chi connectivity index (χ0) is 22.2. The summed E-state index contributed by atoms with van der Waals surface area (Å²) in [6.07, 6.45) is -4.97. The number of hydrogen-bond donors (Lipinski definition) is 2. The summed E-state index contributed by atoms with van der Waals surface area (Å²) in [6, 6.07) is 16.4. The lowest BCUT2D eigenvalue weighted by Gasteiger charge is -2.42. The van der Waals surface area contributed by atoms with Crippen molar-refractivity contribution < 1.29 is 38.7 Å². The summed E-state index contributed by atoms with van der Waals surface area (Å²) >= 11 is 0. The van der Waals surface area contributed by atoms with Gasteiger partial charge in [0.25, 0.3) is 0 Å². The van der Waals surface area contributed by atoms with E-state index in [-0.39, 0.29) is 17.7 Å². The van der Waals surface area contributed by atoms with E-state index in [2.05, 4.69) is 6.58 Å². The Balaban J connectivity index is 1.88. The number of carbonyl (C=O) groups is 2. The topological polar surface area (TPSA) is 112 Å². The van der Waals surface area contributed by atoms with E-state index in [9.17, 15) is 19.8 Å². The van der Waals surface area contributed by atoms with Crippen LogP contribution in [0.2, 0.25) is 0 Å². The lowest BCUT2D eigenvalue weighted by molar-refractivity contribution is -0.296. The molecule has 5 atom stereocenters. The van der Waals surface area contributed by atoms with Crippen LogP contribution in [0.15, 0.2) is 73.3 Å². The molecular weight excluding hydrogens is 404 g/mol. The lowest BCUT2D eigenvalue weighted by atomic mass is 9.98. The van der Waals surface area contributed by atoms with Gasteiger partial charge in [-0.25, -0.2) is 9.59 Å². The third-order valence-electron chi connectivity index (χ3n) is 4.68. The van der Waals surface area contributed by atoms with Gasteiger partial charge >= 0.3 is 11.9 Å². The maximum absolute atomic E-state index is 12.7. The Kier molecular flexibility index (Phi) is 7.91. The third-order valence-corrected chi connectivity index (χ3v) is 4.68. The summed E-state index contributed by atoms with van der Waals surface area (Å²) in [5.41, 5.74) is 0.510. The molecule has 0 aliphatic carbocycles. The van der Waals surface area contributed by atoms with Crippen molar-refractivity contribution in [2.24, 2.45) is 0 Å². The summed E-state index contributed by atoms with van der Waals surface area (Å²) < 4.78 is 22.2. The second kappa shape index (κ2) is 10.8. The Labute approximate surface area is 179 Å². The first-order valence-electron chi connectivity index (χ1n) is 9.74. The van der Waals surface area contributed by atoms with Gasteiger partial charge in [0.15, 0.2) is 18.5 Å². The average molecular weight is 428 g/mol. The molecule has 2 N–H and O–H groups in total. The van der Waals surface area contributed by atoms with E-state index in [1.54, 1.807) is 60.7 Å². The number of hydrogen-bond acceptors (Lipinski definition) is 8. The van der Waals surface area contributed by atoms with Gasteiger partial charge in [-0.1, -0.05) is 42.5 Å². The number of aliphatic hydroxyl groups excluding tert-OH is 2. The van der Waals surface area contributed by atoms with Crippen LogP contribution in [-0.4, -0.2) is 66.1 Å². The summed E-state index contributed by atoms with van der Waals surface area (Å²) in [5.74, 6) is -1.44. The van der Waals surface area contributed by atoms with Gasteiger partial charge < -0.3 is 29.2 Å². The van der Waals surface area contributed by atoms with Gasteiger partial charge in [-0.15, -0.1) is 6.58 Å². The van der Waals surface area contributed by atoms with Gasteiger partial charge in [0.1, 0.15) is 12.2 Å². The Morgan fingerprint density at radius 1 is 0.935 bits per heavy atom.